The fourth-order valence-electron chi connectivity index (χ4n) is 1.67. The van der Waals surface area contributed by atoms with Crippen molar-refractivity contribution in [1.82, 2.24) is 15.1 Å². The van der Waals surface area contributed by atoms with Gasteiger partial charge in [0.1, 0.15) is 5.82 Å². The van der Waals surface area contributed by atoms with Gasteiger partial charge < -0.3 is 5.32 Å². The molecule has 0 radical (unpaired) electrons. The molecule has 2 aromatic rings. The molecule has 0 aliphatic rings. The summed E-state index contributed by atoms with van der Waals surface area (Å²) in [6.45, 7) is 2.52. The van der Waals surface area contributed by atoms with Gasteiger partial charge in [-0.2, -0.15) is 5.10 Å². The molecule has 1 heterocycles. The van der Waals surface area contributed by atoms with E-state index in [-0.39, 0.29) is 11.9 Å². The zero-order valence-electron chi connectivity index (χ0n) is 10.0. The van der Waals surface area contributed by atoms with Crippen LogP contribution in [0.3, 0.4) is 0 Å². The summed E-state index contributed by atoms with van der Waals surface area (Å²) in [7, 11) is 1.88. The van der Waals surface area contributed by atoms with Crippen LogP contribution in [-0.4, -0.2) is 9.78 Å². The number of rotatable bonds is 4. The van der Waals surface area contributed by atoms with Gasteiger partial charge in [-0.3, -0.25) is 4.68 Å². The van der Waals surface area contributed by atoms with Crippen LogP contribution in [0.2, 0.25) is 0 Å². The smallest absolute Gasteiger partial charge is 0.127 e. The highest BCUT2D eigenvalue weighted by Gasteiger charge is 2.08. The number of aryl methyl sites for hydroxylation is 1. The van der Waals surface area contributed by atoms with E-state index < -0.39 is 0 Å². The van der Waals surface area contributed by atoms with Gasteiger partial charge >= 0.3 is 0 Å². The molecule has 0 saturated heterocycles. The maximum Gasteiger partial charge on any atom is 0.127 e. The minimum atomic E-state index is -0.173. The summed E-state index contributed by atoms with van der Waals surface area (Å²) >= 11 is 0. The first kappa shape index (κ1) is 11.8. The summed E-state index contributed by atoms with van der Waals surface area (Å²) in [4.78, 5) is 0. The van der Waals surface area contributed by atoms with E-state index in [0.29, 0.717) is 12.1 Å². The van der Waals surface area contributed by atoms with Crippen LogP contribution in [0.15, 0.2) is 36.5 Å². The number of hydrogen-bond acceptors (Lipinski definition) is 2. The first-order valence-electron chi connectivity index (χ1n) is 5.63. The van der Waals surface area contributed by atoms with Crippen molar-refractivity contribution in [3.05, 3.63) is 53.6 Å². The number of halogens is 1. The van der Waals surface area contributed by atoms with Crippen molar-refractivity contribution < 1.29 is 4.39 Å². The summed E-state index contributed by atoms with van der Waals surface area (Å²) in [5.41, 5.74) is 1.64. The molecule has 3 nitrogen and oxygen atoms in total. The maximum atomic E-state index is 13.4. The lowest BCUT2D eigenvalue weighted by atomic mass is 10.2. The van der Waals surface area contributed by atoms with Crippen LogP contribution in [0.4, 0.5) is 4.39 Å². The summed E-state index contributed by atoms with van der Waals surface area (Å²) in [5, 5.41) is 7.56. The molecule has 17 heavy (non-hydrogen) atoms. The van der Waals surface area contributed by atoms with Gasteiger partial charge in [-0.15, -0.1) is 0 Å². The highest BCUT2D eigenvalue weighted by molar-refractivity contribution is 5.17. The zero-order chi connectivity index (χ0) is 12.3. The third kappa shape index (κ3) is 2.91. The van der Waals surface area contributed by atoms with Crippen molar-refractivity contribution in [2.75, 3.05) is 0 Å². The van der Waals surface area contributed by atoms with Crippen molar-refractivity contribution in [2.45, 2.75) is 19.5 Å². The van der Waals surface area contributed by atoms with Crippen LogP contribution >= 0.6 is 0 Å². The van der Waals surface area contributed by atoms with E-state index in [9.17, 15) is 4.39 Å². The molecule has 90 valence electrons. The molecule has 0 spiro atoms. The highest BCUT2D eigenvalue weighted by atomic mass is 19.1. The van der Waals surface area contributed by atoms with Gasteiger partial charge in [-0.1, -0.05) is 18.2 Å². The summed E-state index contributed by atoms with van der Waals surface area (Å²) in [5.74, 6) is -0.173. The third-order valence-electron chi connectivity index (χ3n) is 2.73. The van der Waals surface area contributed by atoms with Crippen LogP contribution < -0.4 is 5.32 Å². The predicted molar refractivity (Wildman–Crippen MR) is 64.9 cm³/mol. The highest BCUT2D eigenvalue weighted by Crippen LogP contribution is 2.11. The maximum absolute atomic E-state index is 13.4. The molecule has 4 heteroatoms. The number of nitrogens with zero attached hydrogens (tertiary/aromatic N) is 2. The minimum Gasteiger partial charge on any atom is -0.305 e. The minimum absolute atomic E-state index is 0.107. The molecule has 1 N–H and O–H groups in total. The molecule has 0 amide bonds. The van der Waals surface area contributed by atoms with Crippen molar-refractivity contribution >= 4 is 0 Å². The van der Waals surface area contributed by atoms with Crippen molar-refractivity contribution in [3.8, 4) is 0 Å². The van der Waals surface area contributed by atoms with Gasteiger partial charge in [0, 0.05) is 31.4 Å². The van der Waals surface area contributed by atoms with E-state index in [0.717, 1.165) is 5.69 Å². The molecular formula is C13H16FN3. The molecule has 0 saturated carbocycles. The predicted octanol–water partition coefficient (Wildman–Crippen LogP) is 2.41. The van der Waals surface area contributed by atoms with Gasteiger partial charge in [-0.05, 0) is 19.1 Å². The van der Waals surface area contributed by atoms with Gasteiger partial charge in [0.25, 0.3) is 0 Å². The van der Waals surface area contributed by atoms with E-state index in [1.807, 2.05) is 32.3 Å². The number of aromatic nitrogens is 2. The van der Waals surface area contributed by atoms with Gasteiger partial charge in [0.05, 0.1) is 5.69 Å². The monoisotopic (exact) mass is 233 g/mol. The van der Waals surface area contributed by atoms with Crippen molar-refractivity contribution in [1.29, 1.82) is 0 Å². The SMILES string of the molecule is CC(NCc1ccccc1F)c1ccn(C)n1. The number of nitrogens with one attached hydrogen (secondary N) is 1. The molecule has 0 fully saturated rings. The van der Waals surface area contributed by atoms with Crippen molar-refractivity contribution in [2.24, 2.45) is 7.05 Å². The molecule has 1 aromatic carbocycles. The normalized spacial score (nSPS) is 12.6. The van der Waals surface area contributed by atoms with Crippen LogP contribution in [-0.2, 0) is 13.6 Å². The van der Waals surface area contributed by atoms with Crippen molar-refractivity contribution in [3.63, 3.8) is 0 Å². The Morgan fingerprint density at radius 2 is 2.12 bits per heavy atom. The Morgan fingerprint density at radius 3 is 2.76 bits per heavy atom. The summed E-state index contributed by atoms with van der Waals surface area (Å²) in [6, 6.07) is 8.86. The fraction of sp³-hybridized carbons (Fsp3) is 0.308. The van der Waals surface area contributed by atoms with E-state index in [1.165, 1.54) is 6.07 Å². The number of hydrogen-bond donors (Lipinski definition) is 1. The topological polar surface area (TPSA) is 29.9 Å². The lowest BCUT2D eigenvalue weighted by molar-refractivity contribution is 0.530. The Labute approximate surface area is 100 Å². The number of benzene rings is 1. The molecule has 0 bridgehead atoms. The second kappa shape index (κ2) is 5.10. The van der Waals surface area contributed by atoms with Crippen LogP contribution in [0.5, 0.6) is 0 Å². The average molecular weight is 233 g/mol. The van der Waals surface area contributed by atoms with E-state index in [2.05, 4.69) is 10.4 Å². The zero-order valence-corrected chi connectivity index (χ0v) is 10.0. The first-order chi connectivity index (χ1) is 8.16. The van der Waals surface area contributed by atoms with Crippen LogP contribution in [0.1, 0.15) is 24.2 Å². The first-order valence-corrected chi connectivity index (χ1v) is 5.63. The van der Waals surface area contributed by atoms with E-state index in [4.69, 9.17) is 0 Å². The van der Waals surface area contributed by atoms with Crippen LogP contribution in [0, 0.1) is 5.82 Å². The Kier molecular flexibility index (Phi) is 3.54. The lowest BCUT2D eigenvalue weighted by Gasteiger charge is -2.11. The molecule has 1 aromatic heterocycles. The Morgan fingerprint density at radius 1 is 1.35 bits per heavy atom. The molecule has 0 aliphatic heterocycles. The van der Waals surface area contributed by atoms with Gasteiger partial charge in [0.2, 0.25) is 0 Å². The van der Waals surface area contributed by atoms with Gasteiger partial charge in [-0.25, -0.2) is 4.39 Å². The standard InChI is InChI=1S/C13H16FN3/c1-10(13-7-8-17(2)16-13)15-9-11-5-3-4-6-12(11)14/h3-8,10,15H,9H2,1-2H3. The fourth-order valence-corrected chi connectivity index (χ4v) is 1.67. The molecule has 0 aliphatic carbocycles. The quantitative estimate of drug-likeness (QED) is 0.878. The molecule has 1 atom stereocenters. The molecule has 1 unspecified atom stereocenters. The largest absolute Gasteiger partial charge is 0.305 e. The third-order valence-corrected chi connectivity index (χ3v) is 2.73. The van der Waals surface area contributed by atoms with Gasteiger partial charge in [0.15, 0.2) is 0 Å². The lowest BCUT2D eigenvalue weighted by Crippen LogP contribution is -2.19. The molecule has 2 rings (SSSR count). The van der Waals surface area contributed by atoms with Crippen LogP contribution in [0.25, 0.3) is 0 Å². The van der Waals surface area contributed by atoms with E-state index in [1.54, 1.807) is 16.8 Å². The Balaban J connectivity index is 1.97. The average Bonchev–Trinajstić information content (AvgIpc) is 2.74. The Bertz CT molecular complexity index is 493. The summed E-state index contributed by atoms with van der Waals surface area (Å²) < 4.78 is 15.1. The molecular weight excluding hydrogens is 217 g/mol. The summed E-state index contributed by atoms with van der Waals surface area (Å²) in [6.07, 6.45) is 1.90. The van der Waals surface area contributed by atoms with E-state index >= 15 is 0 Å². The Hall–Kier alpha value is -1.68. The second-order valence-electron chi connectivity index (χ2n) is 4.11. The second-order valence-corrected chi connectivity index (χ2v) is 4.11.